The Kier molecular flexibility index (Phi) is 4.40. The quantitative estimate of drug-likeness (QED) is 0.924. The molecule has 0 bridgehead atoms. The molecule has 2 N–H and O–H groups in total. The maximum absolute atomic E-state index is 6.42. The summed E-state index contributed by atoms with van der Waals surface area (Å²) < 4.78 is 5.85. The molecule has 0 aliphatic rings. The van der Waals surface area contributed by atoms with Gasteiger partial charge in [-0.15, -0.1) is 0 Å². The number of benzene rings is 1. The van der Waals surface area contributed by atoms with E-state index >= 15 is 0 Å². The Hall–Kier alpha value is -1.87. The molecule has 1 heterocycles. The Balaban J connectivity index is 2.40. The molecule has 0 saturated heterocycles. The standard InChI is InChI=1S/C17H22N2O/c1-11(2)20-16-8-6-5-7-15(16)17(18)14-10-9-12(3)19-13(14)4/h5-11,17H,18H2,1-4H3. The van der Waals surface area contributed by atoms with Gasteiger partial charge in [0.15, 0.2) is 0 Å². The van der Waals surface area contributed by atoms with Crippen LogP contribution in [0.2, 0.25) is 0 Å². The number of aromatic nitrogens is 1. The van der Waals surface area contributed by atoms with Crippen LogP contribution in [0.3, 0.4) is 0 Å². The second kappa shape index (κ2) is 6.06. The molecule has 3 heteroatoms. The van der Waals surface area contributed by atoms with Crippen molar-refractivity contribution in [2.75, 3.05) is 0 Å². The molecule has 0 amide bonds. The summed E-state index contributed by atoms with van der Waals surface area (Å²) in [6.07, 6.45) is 0.126. The lowest BCUT2D eigenvalue weighted by molar-refractivity contribution is 0.239. The van der Waals surface area contributed by atoms with Gasteiger partial charge in [-0.1, -0.05) is 24.3 Å². The highest BCUT2D eigenvalue weighted by Crippen LogP contribution is 2.30. The Labute approximate surface area is 120 Å². The van der Waals surface area contributed by atoms with E-state index < -0.39 is 0 Å². The minimum atomic E-state index is -0.224. The lowest BCUT2D eigenvalue weighted by Crippen LogP contribution is -2.17. The monoisotopic (exact) mass is 270 g/mol. The lowest BCUT2D eigenvalue weighted by Gasteiger charge is -2.20. The van der Waals surface area contributed by atoms with Crippen molar-refractivity contribution in [3.8, 4) is 5.75 Å². The minimum absolute atomic E-state index is 0.126. The fraction of sp³-hybridized carbons (Fsp3) is 0.353. The molecule has 0 spiro atoms. The highest BCUT2D eigenvalue weighted by atomic mass is 16.5. The van der Waals surface area contributed by atoms with Gasteiger partial charge in [-0.2, -0.15) is 0 Å². The van der Waals surface area contributed by atoms with Crippen molar-refractivity contribution in [3.05, 3.63) is 58.9 Å². The molecule has 106 valence electrons. The van der Waals surface area contributed by atoms with E-state index in [4.69, 9.17) is 10.5 Å². The zero-order chi connectivity index (χ0) is 14.7. The van der Waals surface area contributed by atoms with Crippen molar-refractivity contribution >= 4 is 0 Å². The summed E-state index contributed by atoms with van der Waals surface area (Å²) in [5.74, 6) is 0.843. The van der Waals surface area contributed by atoms with Crippen LogP contribution in [0, 0.1) is 13.8 Å². The van der Waals surface area contributed by atoms with Crippen LogP contribution >= 0.6 is 0 Å². The third kappa shape index (κ3) is 3.17. The largest absolute Gasteiger partial charge is 0.491 e. The van der Waals surface area contributed by atoms with Gasteiger partial charge in [0.25, 0.3) is 0 Å². The van der Waals surface area contributed by atoms with E-state index in [9.17, 15) is 0 Å². The second-order valence-electron chi connectivity index (χ2n) is 5.31. The first kappa shape index (κ1) is 14.5. The molecule has 0 fully saturated rings. The van der Waals surface area contributed by atoms with E-state index in [-0.39, 0.29) is 12.1 Å². The molecule has 0 saturated carbocycles. The van der Waals surface area contributed by atoms with Crippen LogP contribution in [0.5, 0.6) is 5.75 Å². The number of ether oxygens (including phenoxy) is 1. The van der Waals surface area contributed by atoms with Gasteiger partial charge in [0, 0.05) is 17.0 Å². The molecule has 1 aromatic carbocycles. The predicted octanol–water partition coefficient (Wildman–Crippen LogP) is 3.53. The van der Waals surface area contributed by atoms with Gasteiger partial charge >= 0.3 is 0 Å². The predicted molar refractivity (Wildman–Crippen MR) is 81.9 cm³/mol. The first-order valence-corrected chi connectivity index (χ1v) is 6.94. The van der Waals surface area contributed by atoms with E-state index in [0.29, 0.717) is 0 Å². The van der Waals surface area contributed by atoms with E-state index in [0.717, 1.165) is 28.3 Å². The molecular formula is C17H22N2O. The second-order valence-corrected chi connectivity index (χ2v) is 5.31. The number of hydrogen-bond donors (Lipinski definition) is 1. The molecule has 0 aliphatic carbocycles. The Morgan fingerprint density at radius 3 is 2.35 bits per heavy atom. The number of para-hydroxylation sites is 1. The SMILES string of the molecule is Cc1ccc(C(N)c2ccccc2OC(C)C)c(C)n1. The van der Waals surface area contributed by atoms with E-state index in [1.807, 2.05) is 58.0 Å². The fourth-order valence-electron chi connectivity index (χ4n) is 2.29. The molecule has 1 unspecified atom stereocenters. The molecule has 1 atom stereocenters. The summed E-state index contributed by atoms with van der Waals surface area (Å²) in [5, 5.41) is 0. The molecule has 0 aliphatic heterocycles. The average Bonchev–Trinajstić information content (AvgIpc) is 2.38. The number of rotatable bonds is 4. The van der Waals surface area contributed by atoms with Gasteiger partial charge in [-0.05, 0) is 45.4 Å². The first-order valence-electron chi connectivity index (χ1n) is 6.94. The minimum Gasteiger partial charge on any atom is -0.491 e. The molecule has 0 radical (unpaired) electrons. The summed E-state index contributed by atoms with van der Waals surface area (Å²) >= 11 is 0. The zero-order valence-corrected chi connectivity index (χ0v) is 12.6. The van der Waals surface area contributed by atoms with Crippen molar-refractivity contribution in [2.45, 2.75) is 39.8 Å². The van der Waals surface area contributed by atoms with Crippen LogP contribution in [0.15, 0.2) is 36.4 Å². The van der Waals surface area contributed by atoms with Crippen LogP contribution in [0.25, 0.3) is 0 Å². The first-order chi connectivity index (χ1) is 9.49. The Morgan fingerprint density at radius 1 is 1.00 bits per heavy atom. The van der Waals surface area contributed by atoms with Crippen molar-refractivity contribution in [2.24, 2.45) is 5.73 Å². The van der Waals surface area contributed by atoms with Crippen LogP contribution in [0.4, 0.5) is 0 Å². The van der Waals surface area contributed by atoms with Gasteiger partial charge in [0.1, 0.15) is 5.75 Å². The van der Waals surface area contributed by atoms with Crippen molar-refractivity contribution in [3.63, 3.8) is 0 Å². The van der Waals surface area contributed by atoms with Crippen LogP contribution < -0.4 is 10.5 Å². The Bertz CT molecular complexity index is 593. The van der Waals surface area contributed by atoms with Gasteiger partial charge in [-0.25, -0.2) is 0 Å². The van der Waals surface area contributed by atoms with Crippen molar-refractivity contribution < 1.29 is 4.74 Å². The zero-order valence-electron chi connectivity index (χ0n) is 12.6. The lowest BCUT2D eigenvalue weighted by atomic mass is 9.97. The number of hydrogen-bond acceptors (Lipinski definition) is 3. The molecule has 20 heavy (non-hydrogen) atoms. The van der Waals surface area contributed by atoms with Gasteiger partial charge in [-0.3, -0.25) is 4.98 Å². The van der Waals surface area contributed by atoms with Crippen molar-refractivity contribution in [1.82, 2.24) is 4.98 Å². The van der Waals surface area contributed by atoms with Gasteiger partial charge in [0.2, 0.25) is 0 Å². The highest BCUT2D eigenvalue weighted by Gasteiger charge is 2.17. The van der Waals surface area contributed by atoms with Crippen LogP contribution in [-0.4, -0.2) is 11.1 Å². The highest BCUT2D eigenvalue weighted by molar-refractivity contribution is 5.42. The number of nitrogens with zero attached hydrogens (tertiary/aromatic N) is 1. The van der Waals surface area contributed by atoms with E-state index in [1.54, 1.807) is 0 Å². The Morgan fingerprint density at radius 2 is 1.70 bits per heavy atom. The smallest absolute Gasteiger partial charge is 0.124 e. The summed E-state index contributed by atoms with van der Waals surface area (Å²) in [6, 6.07) is 11.8. The molecule has 2 rings (SSSR count). The summed E-state index contributed by atoms with van der Waals surface area (Å²) in [4.78, 5) is 4.49. The maximum Gasteiger partial charge on any atom is 0.124 e. The van der Waals surface area contributed by atoms with Gasteiger partial charge < -0.3 is 10.5 Å². The van der Waals surface area contributed by atoms with Crippen LogP contribution in [0.1, 0.15) is 42.4 Å². The summed E-state index contributed by atoms with van der Waals surface area (Å²) in [5.41, 5.74) is 10.4. The van der Waals surface area contributed by atoms with E-state index in [2.05, 4.69) is 11.1 Å². The van der Waals surface area contributed by atoms with Gasteiger partial charge in [0.05, 0.1) is 12.1 Å². The number of aryl methyl sites for hydroxylation is 2. The summed E-state index contributed by atoms with van der Waals surface area (Å²) in [6.45, 7) is 8.01. The number of nitrogens with two attached hydrogens (primary N) is 1. The molecule has 1 aromatic heterocycles. The third-order valence-electron chi connectivity index (χ3n) is 3.22. The number of pyridine rings is 1. The molecule has 2 aromatic rings. The van der Waals surface area contributed by atoms with Crippen molar-refractivity contribution in [1.29, 1.82) is 0 Å². The molecule has 3 nitrogen and oxygen atoms in total. The topological polar surface area (TPSA) is 48.1 Å². The van der Waals surface area contributed by atoms with Crippen LogP contribution in [-0.2, 0) is 0 Å². The molecular weight excluding hydrogens is 248 g/mol. The summed E-state index contributed by atoms with van der Waals surface area (Å²) in [7, 11) is 0. The average molecular weight is 270 g/mol. The fourth-order valence-corrected chi connectivity index (χ4v) is 2.29. The normalized spacial score (nSPS) is 12.5. The third-order valence-corrected chi connectivity index (χ3v) is 3.22. The van der Waals surface area contributed by atoms with E-state index in [1.165, 1.54) is 0 Å². The maximum atomic E-state index is 6.42.